The van der Waals surface area contributed by atoms with Crippen molar-refractivity contribution in [2.75, 3.05) is 20.1 Å². The highest BCUT2D eigenvalue weighted by atomic mass is 15.1. The maximum atomic E-state index is 8.65. The van der Waals surface area contributed by atoms with Crippen LogP contribution in [0.4, 0.5) is 0 Å². The molecule has 1 unspecified atom stereocenters. The molecule has 0 saturated heterocycles. The second kappa shape index (κ2) is 9.02. The number of rotatable bonds is 8. The summed E-state index contributed by atoms with van der Waals surface area (Å²) in [5.41, 5.74) is 0. The van der Waals surface area contributed by atoms with Crippen LogP contribution >= 0.6 is 0 Å². The van der Waals surface area contributed by atoms with E-state index < -0.39 is 0 Å². The first-order valence-corrected chi connectivity index (χ1v) is 5.78. The van der Waals surface area contributed by atoms with E-state index in [-0.39, 0.29) is 5.92 Å². The van der Waals surface area contributed by atoms with Gasteiger partial charge in [0.2, 0.25) is 0 Å². The molecule has 0 aromatic heterocycles. The molecular weight excluding hydrogens is 172 g/mol. The Labute approximate surface area is 88.9 Å². The van der Waals surface area contributed by atoms with Crippen LogP contribution in [-0.2, 0) is 0 Å². The zero-order chi connectivity index (χ0) is 10.8. The average Bonchev–Trinajstić information content (AvgIpc) is 2.17. The third kappa shape index (κ3) is 8.07. The third-order valence-corrected chi connectivity index (χ3v) is 2.45. The van der Waals surface area contributed by atoms with E-state index in [1.165, 1.54) is 32.1 Å². The summed E-state index contributed by atoms with van der Waals surface area (Å²) in [6, 6.07) is 2.26. The summed E-state index contributed by atoms with van der Waals surface area (Å²) in [6.45, 7) is 6.26. The topological polar surface area (TPSA) is 27.0 Å². The molecule has 0 amide bonds. The van der Waals surface area contributed by atoms with Gasteiger partial charge in [0.25, 0.3) is 0 Å². The molecule has 0 aliphatic heterocycles. The molecule has 2 heteroatoms. The Bertz CT molecular complexity index is 160. The fourth-order valence-corrected chi connectivity index (χ4v) is 1.58. The van der Waals surface area contributed by atoms with Crippen molar-refractivity contribution in [3.8, 4) is 6.07 Å². The summed E-state index contributed by atoms with van der Waals surface area (Å²) >= 11 is 0. The first-order chi connectivity index (χ1) is 6.70. The van der Waals surface area contributed by atoms with Crippen molar-refractivity contribution >= 4 is 0 Å². The van der Waals surface area contributed by atoms with Crippen molar-refractivity contribution in [2.24, 2.45) is 5.92 Å². The molecule has 0 spiro atoms. The second-order valence-corrected chi connectivity index (χ2v) is 4.21. The van der Waals surface area contributed by atoms with E-state index in [0.29, 0.717) is 0 Å². The van der Waals surface area contributed by atoms with Gasteiger partial charge in [-0.05, 0) is 26.9 Å². The molecular formula is C12H24N2. The molecule has 0 heterocycles. The van der Waals surface area contributed by atoms with Gasteiger partial charge in [-0.15, -0.1) is 0 Å². The average molecular weight is 196 g/mol. The number of nitriles is 1. The quantitative estimate of drug-likeness (QED) is 0.558. The fourth-order valence-electron chi connectivity index (χ4n) is 1.58. The molecule has 0 bridgehead atoms. The lowest BCUT2D eigenvalue weighted by atomic mass is 10.1. The van der Waals surface area contributed by atoms with Gasteiger partial charge in [0.05, 0.1) is 12.0 Å². The van der Waals surface area contributed by atoms with Crippen LogP contribution in [0.2, 0.25) is 0 Å². The Hall–Kier alpha value is -0.550. The highest BCUT2D eigenvalue weighted by molar-refractivity contribution is 4.80. The minimum atomic E-state index is 0.163. The van der Waals surface area contributed by atoms with Crippen LogP contribution < -0.4 is 0 Å². The lowest BCUT2D eigenvalue weighted by Gasteiger charge is -2.17. The van der Waals surface area contributed by atoms with Crippen molar-refractivity contribution in [1.82, 2.24) is 4.90 Å². The first-order valence-electron chi connectivity index (χ1n) is 5.78. The fraction of sp³-hybridized carbons (Fsp3) is 0.917. The zero-order valence-corrected chi connectivity index (χ0v) is 9.92. The van der Waals surface area contributed by atoms with Crippen LogP contribution in [0, 0.1) is 17.2 Å². The Balaban J connectivity index is 3.27. The lowest BCUT2D eigenvalue weighted by Crippen LogP contribution is -2.24. The van der Waals surface area contributed by atoms with E-state index in [1.54, 1.807) is 0 Å². The van der Waals surface area contributed by atoms with Gasteiger partial charge < -0.3 is 4.90 Å². The third-order valence-electron chi connectivity index (χ3n) is 2.45. The maximum Gasteiger partial charge on any atom is 0.0666 e. The smallest absolute Gasteiger partial charge is 0.0666 e. The molecule has 0 radical (unpaired) electrons. The second-order valence-electron chi connectivity index (χ2n) is 4.21. The van der Waals surface area contributed by atoms with Gasteiger partial charge >= 0.3 is 0 Å². The lowest BCUT2D eigenvalue weighted by molar-refractivity contribution is 0.302. The van der Waals surface area contributed by atoms with Crippen molar-refractivity contribution in [3.05, 3.63) is 0 Å². The number of hydrogen-bond donors (Lipinski definition) is 0. The molecule has 1 atom stereocenters. The number of unbranched alkanes of at least 4 members (excludes halogenated alkanes) is 4. The van der Waals surface area contributed by atoms with Crippen LogP contribution in [0.3, 0.4) is 0 Å². The number of nitrogens with zero attached hydrogens (tertiary/aromatic N) is 2. The van der Waals surface area contributed by atoms with Crippen molar-refractivity contribution in [3.63, 3.8) is 0 Å². The Morgan fingerprint density at radius 2 is 1.86 bits per heavy atom. The largest absolute Gasteiger partial charge is 0.305 e. The molecule has 0 aromatic carbocycles. The monoisotopic (exact) mass is 196 g/mol. The van der Waals surface area contributed by atoms with E-state index >= 15 is 0 Å². The summed E-state index contributed by atoms with van der Waals surface area (Å²) in [6.07, 6.45) is 6.63. The van der Waals surface area contributed by atoms with E-state index in [1.807, 2.05) is 6.92 Å². The maximum absolute atomic E-state index is 8.65. The summed E-state index contributed by atoms with van der Waals surface area (Å²) in [4.78, 5) is 2.26. The van der Waals surface area contributed by atoms with E-state index in [2.05, 4.69) is 24.9 Å². The van der Waals surface area contributed by atoms with Gasteiger partial charge in [0, 0.05) is 6.54 Å². The van der Waals surface area contributed by atoms with Gasteiger partial charge in [-0.25, -0.2) is 0 Å². The normalized spacial score (nSPS) is 12.8. The molecule has 0 rings (SSSR count). The molecule has 2 nitrogen and oxygen atoms in total. The minimum absolute atomic E-state index is 0.163. The van der Waals surface area contributed by atoms with Crippen molar-refractivity contribution in [2.45, 2.75) is 46.0 Å². The first kappa shape index (κ1) is 13.4. The summed E-state index contributed by atoms with van der Waals surface area (Å²) in [7, 11) is 2.10. The van der Waals surface area contributed by atoms with Crippen LogP contribution in [0.5, 0.6) is 0 Å². The standard InChI is InChI=1S/C12H24N2/c1-4-5-6-7-8-9-14(3)11-12(2)10-13/h12H,4-9,11H2,1-3H3. The molecule has 0 N–H and O–H groups in total. The molecule has 14 heavy (non-hydrogen) atoms. The molecule has 0 aromatic rings. The molecule has 0 aliphatic carbocycles. The van der Waals surface area contributed by atoms with Crippen molar-refractivity contribution in [1.29, 1.82) is 5.26 Å². The summed E-state index contributed by atoms with van der Waals surface area (Å²) in [5.74, 6) is 0.163. The minimum Gasteiger partial charge on any atom is -0.305 e. The van der Waals surface area contributed by atoms with E-state index in [4.69, 9.17) is 5.26 Å². The van der Waals surface area contributed by atoms with Gasteiger partial charge in [-0.1, -0.05) is 32.6 Å². The summed E-state index contributed by atoms with van der Waals surface area (Å²) < 4.78 is 0. The predicted molar refractivity (Wildman–Crippen MR) is 61.0 cm³/mol. The molecule has 0 fully saturated rings. The Morgan fingerprint density at radius 3 is 2.43 bits per heavy atom. The van der Waals surface area contributed by atoms with Crippen LogP contribution in [0.25, 0.3) is 0 Å². The van der Waals surface area contributed by atoms with Gasteiger partial charge in [-0.3, -0.25) is 0 Å². The SMILES string of the molecule is CCCCCCCN(C)CC(C)C#N. The van der Waals surface area contributed by atoms with Gasteiger partial charge in [0.1, 0.15) is 0 Å². The highest BCUT2D eigenvalue weighted by Crippen LogP contribution is 2.04. The van der Waals surface area contributed by atoms with Gasteiger partial charge in [-0.2, -0.15) is 5.26 Å². The molecule has 0 aliphatic rings. The predicted octanol–water partition coefficient (Wildman–Crippen LogP) is 3.05. The van der Waals surface area contributed by atoms with Gasteiger partial charge in [0.15, 0.2) is 0 Å². The summed E-state index contributed by atoms with van der Waals surface area (Å²) in [5, 5.41) is 8.65. The number of hydrogen-bond acceptors (Lipinski definition) is 2. The Kier molecular flexibility index (Phi) is 8.67. The highest BCUT2D eigenvalue weighted by Gasteiger charge is 2.03. The Morgan fingerprint density at radius 1 is 1.21 bits per heavy atom. The zero-order valence-electron chi connectivity index (χ0n) is 9.92. The van der Waals surface area contributed by atoms with Crippen LogP contribution in [0.15, 0.2) is 0 Å². The molecule has 0 saturated carbocycles. The van der Waals surface area contributed by atoms with Crippen molar-refractivity contribution < 1.29 is 0 Å². The van der Waals surface area contributed by atoms with E-state index in [9.17, 15) is 0 Å². The van der Waals surface area contributed by atoms with Crippen LogP contribution in [-0.4, -0.2) is 25.0 Å². The molecule has 82 valence electrons. The van der Waals surface area contributed by atoms with Crippen LogP contribution in [0.1, 0.15) is 46.0 Å². The van der Waals surface area contributed by atoms with E-state index in [0.717, 1.165) is 13.1 Å².